The molecule has 0 aliphatic carbocycles. The molecule has 1 aromatic heterocycles. The lowest BCUT2D eigenvalue weighted by molar-refractivity contribution is 0.495. The lowest BCUT2D eigenvalue weighted by Crippen LogP contribution is -1.99. The zero-order valence-electron chi connectivity index (χ0n) is 8.44. The predicted octanol–water partition coefficient (Wildman–Crippen LogP) is 5.94. The summed E-state index contributed by atoms with van der Waals surface area (Å²) < 4.78 is 9.16. The first-order chi connectivity index (χ1) is 8.06. The fraction of sp³-hybridized carbons (Fsp3) is 0.0909. The minimum Gasteiger partial charge on any atom is -0.452 e. The molecule has 0 amide bonds. The van der Waals surface area contributed by atoms with Crippen molar-refractivity contribution in [3.05, 3.63) is 48.1 Å². The molecule has 1 aromatic carbocycles. The van der Waals surface area contributed by atoms with Gasteiger partial charge in [-0.25, -0.2) is 0 Å². The highest BCUT2D eigenvalue weighted by atomic mass is 79.9. The summed E-state index contributed by atoms with van der Waals surface area (Å²) in [6, 6.07) is 7.79. The molecule has 6 heteroatoms. The molecule has 0 fully saturated rings. The first kappa shape index (κ1) is 13.6. The molecule has 2 aromatic rings. The Labute approximate surface area is 133 Å². The van der Waals surface area contributed by atoms with Crippen molar-refractivity contribution in [2.45, 2.75) is 6.54 Å². The van der Waals surface area contributed by atoms with E-state index in [-0.39, 0.29) is 0 Å². The van der Waals surface area contributed by atoms with E-state index in [4.69, 9.17) is 4.42 Å². The van der Waals surface area contributed by atoms with Crippen molar-refractivity contribution < 1.29 is 4.42 Å². The fourth-order valence-corrected chi connectivity index (χ4v) is 4.21. The summed E-state index contributed by atoms with van der Waals surface area (Å²) in [5.41, 5.74) is 1.00. The van der Waals surface area contributed by atoms with Crippen molar-refractivity contribution in [3.63, 3.8) is 0 Å². The second-order valence-corrected chi connectivity index (χ2v) is 6.71. The van der Waals surface area contributed by atoms with Gasteiger partial charge in [0.05, 0.1) is 12.2 Å². The standard InChI is InChI=1S/C11H7Br4NO/c12-6-3-8(13)11(9(14)4-6)16-5-7-1-2-10(15)17-7/h1-4,16H,5H2. The quantitative estimate of drug-likeness (QED) is 0.578. The van der Waals surface area contributed by atoms with Crippen molar-refractivity contribution in [3.8, 4) is 0 Å². The predicted molar refractivity (Wildman–Crippen MR) is 83.3 cm³/mol. The zero-order valence-corrected chi connectivity index (χ0v) is 14.8. The summed E-state index contributed by atoms with van der Waals surface area (Å²) in [4.78, 5) is 0. The molecule has 90 valence electrons. The van der Waals surface area contributed by atoms with Gasteiger partial charge >= 0.3 is 0 Å². The molecule has 17 heavy (non-hydrogen) atoms. The van der Waals surface area contributed by atoms with Crippen LogP contribution in [-0.4, -0.2) is 0 Å². The van der Waals surface area contributed by atoms with Gasteiger partial charge in [0.15, 0.2) is 4.67 Å². The van der Waals surface area contributed by atoms with Crippen LogP contribution in [0.3, 0.4) is 0 Å². The van der Waals surface area contributed by atoms with Gasteiger partial charge < -0.3 is 9.73 Å². The lowest BCUT2D eigenvalue weighted by atomic mass is 10.3. The fourth-order valence-electron chi connectivity index (χ4n) is 1.33. The van der Waals surface area contributed by atoms with Crippen molar-refractivity contribution in [2.24, 2.45) is 0 Å². The zero-order chi connectivity index (χ0) is 12.4. The van der Waals surface area contributed by atoms with Crippen molar-refractivity contribution in [1.82, 2.24) is 0 Å². The van der Waals surface area contributed by atoms with Crippen LogP contribution in [0.4, 0.5) is 5.69 Å². The topological polar surface area (TPSA) is 25.2 Å². The van der Waals surface area contributed by atoms with E-state index < -0.39 is 0 Å². The summed E-state index contributed by atoms with van der Waals surface area (Å²) in [6.07, 6.45) is 0. The van der Waals surface area contributed by atoms with Gasteiger partial charge in [-0.1, -0.05) is 15.9 Å². The average molecular weight is 489 g/mol. The van der Waals surface area contributed by atoms with Gasteiger partial charge in [-0.3, -0.25) is 0 Å². The molecule has 0 radical (unpaired) electrons. The molecule has 2 nitrogen and oxygen atoms in total. The highest BCUT2D eigenvalue weighted by Crippen LogP contribution is 2.34. The Morgan fingerprint density at radius 3 is 2.18 bits per heavy atom. The molecule has 2 rings (SSSR count). The number of nitrogens with one attached hydrogen (secondary N) is 1. The summed E-state index contributed by atoms with van der Waals surface area (Å²) in [5.74, 6) is 0.874. The molecule has 0 bridgehead atoms. The second-order valence-electron chi connectivity index (χ2n) is 3.30. The number of furan rings is 1. The Bertz CT molecular complexity index is 515. The SMILES string of the molecule is Brc1cc(Br)c(NCc2ccc(Br)o2)c(Br)c1. The maximum absolute atomic E-state index is 5.42. The van der Waals surface area contributed by atoms with Crippen molar-refractivity contribution >= 4 is 69.4 Å². The van der Waals surface area contributed by atoms with E-state index in [1.807, 2.05) is 24.3 Å². The Morgan fingerprint density at radius 2 is 1.65 bits per heavy atom. The van der Waals surface area contributed by atoms with Crippen LogP contribution in [0.5, 0.6) is 0 Å². The third-order valence-corrected chi connectivity index (χ3v) is 4.21. The molecular formula is C11H7Br4NO. The largest absolute Gasteiger partial charge is 0.452 e. The molecule has 0 saturated heterocycles. The molecule has 0 saturated carbocycles. The minimum absolute atomic E-state index is 0.629. The van der Waals surface area contributed by atoms with Crippen LogP contribution in [0.15, 0.2) is 46.8 Å². The van der Waals surface area contributed by atoms with E-state index in [1.165, 1.54) is 0 Å². The van der Waals surface area contributed by atoms with Gasteiger partial charge in [-0.05, 0) is 72.1 Å². The van der Waals surface area contributed by atoms with Gasteiger partial charge in [-0.15, -0.1) is 0 Å². The van der Waals surface area contributed by atoms with Crippen LogP contribution in [0.2, 0.25) is 0 Å². The van der Waals surface area contributed by atoms with E-state index in [0.29, 0.717) is 6.54 Å². The van der Waals surface area contributed by atoms with Gasteiger partial charge in [0.1, 0.15) is 5.76 Å². The van der Waals surface area contributed by atoms with E-state index in [0.717, 1.165) is 29.5 Å². The van der Waals surface area contributed by atoms with Gasteiger partial charge in [0.2, 0.25) is 0 Å². The van der Waals surface area contributed by atoms with Crippen LogP contribution in [0.25, 0.3) is 0 Å². The van der Waals surface area contributed by atoms with Crippen LogP contribution >= 0.6 is 63.7 Å². The molecule has 1 N–H and O–H groups in total. The highest BCUT2D eigenvalue weighted by Gasteiger charge is 2.07. The Hall–Kier alpha value is 0.220. The number of hydrogen-bond donors (Lipinski definition) is 1. The second kappa shape index (κ2) is 5.91. The maximum atomic E-state index is 5.42. The normalized spacial score (nSPS) is 10.6. The summed E-state index contributed by atoms with van der Waals surface area (Å²) in [7, 11) is 0. The summed E-state index contributed by atoms with van der Waals surface area (Å²) in [6.45, 7) is 0.629. The van der Waals surface area contributed by atoms with Crippen molar-refractivity contribution in [2.75, 3.05) is 5.32 Å². The summed E-state index contributed by atoms with van der Waals surface area (Å²) in [5, 5.41) is 3.31. The first-order valence-corrected chi connectivity index (χ1v) is 7.86. The third-order valence-electron chi connectivity index (χ3n) is 2.08. The number of halogens is 4. The number of benzene rings is 1. The molecule has 0 atom stereocenters. The number of rotatable bonds is 3. The van der Waals surface area contributed by atoms with E-state index in [9.17, 15) is 0 Å². The van der Waals surface area contributed by atoms with Gasteiger partial charge in [0.25, 0.3) is 0 Å². The van der Waals surface area contributed by atoms with E-state index >= 15 is 0 Å². The molecule has 1 heterocycles. The average Bonchev–Trinajstić information content (AvgIpc) is 2.62. The molecule has 0 spiro atoms. The van der Waals surface area contributed by atoms with Gasteiger partial charge in [-0.2, -0.15) is 0 Å². The molecule has 0 aliphatic heterocycles. The van der Waals surface area contributed by atoms with E-state index in [1.54, 1.807) is 0 Å². The number of anilines is 1. The van der Waals surface area contributed by atoms with Crippen LogP contribution in [0.1, 0.15) is 5.76 Å². The summed E-state index contributed by atoms with van der Waals surface area (Å²) >= 11 is 13.7. The Balaban J connectivity index is 2.14. The lowest BCUT2D eigenvalue weighted by Gasteiger charge is -2.10. The molecular weight excluding hydrogens is 482 g/mol. The van der Waals surface area contributed by atoms with Gasteiger partial charge in [0, 0.05) is 13.4 Å². The Morgan fingerprint density at radius 1 is 1.00 bits per heavy atom. The Kier molecular flexibility index (Phi) is 4.74. The molecule has 0 aliphatic rings. The van der Waals surface area contributed by atoms with Crippen LogP contribution in [-0.2, 0) is 6.54 Å². The first-order valence-electron chi connectivity index (χ1n) is 4.69. The third kappa shape index (κ3) is 3.59. The monoisotopic (exact) mass is 485 g/mol. The maximum Gasteiger partial charge on any atom is 0.169 e. The van der Waals surface area contributed by atoms with Crippen molar-refractivity contribution in [1.29, 1.82) is 0 Å². The van der Waals surface area contributed by atoms with Crippen LogP contribution < -0.4 is 5.32 Å². The minimum atomic E-state index is 0.629. The van der Waals surface area contributed by atoms with Crippen LogP contribution in [0, 0.1) is 0 Å². The smallest absolute Gasteiger partial charge is 0.169 e. The molecule has 0 unspecified atom stereocenters. The van der Waals surface area contributed by atoms with E-state index in [2.05, 4.69) is 69.0 Å². The highest BCUT2D eigenvalue weighted by molar-refractivity contribution is 9.11. The number of hydrogen-bond acceptors (Lipinski definition) is 2.